The lowest BCUT2D eigenvalue weighted by molar-refractivity contribution is 0.439. The number of nitrogens with zero attached hydrogens (tertiary/aromatic N) is 1. The van der Waals surface area contributed by atoms with Gasteiger partial charge >= 0.3 is 0 Å². The average Bonchev–Trinajstić information content (AvgIpc) is 2.80. The van der Waals surface area contributed by atoms with Crippen LogP contribution in [0.1, 0.15) is 37.4 Å². The van der Waals surface area contributed by atoms with E-state index in [0.717, 1.165) is 5.92 Å². The third-order valence-corrected chi connectivity index (χ3v) is 3.72. The van der Waals surface area contributed by atoms with Crippen LogP contribution >= 0.6 is 0 Å². The predicted molar refractivity (Wildman–Crippen MR) is 62.7 cm³/mol. The largest absolute Gasteiger partial charge is 0.313 e. The quantitative estimate of drug-likeness (QED) is 0.819. The SMILES string of the molecule is CNC(c1cnccc1C)C1CC1(C)C. The van der Waals surface area contributed by atoms with Crippen LogP contribution in [-0.2, 0) is 0 Å². The molecule has 1 saturated carbocycles. The normalized spacial score (nSPS) is 24.9. The van der Waals surface area contributed by atoms with Gasteiger partial charge in [-0.15, -0.1) is 0 Å². The molecule has 0 bridgehead atoms. The predicted octanol–water partition coefficient (Wildman–Crippen LogP) is 2.70. The third-order valence-electron chi connectivity index (χ3n) is 3.72. The maximum absolute atomic E-state index is 4.23. The number of hydrogen-bond acceptors (Lipinski definition) is 2. The summed E-state index contributed by atoms with van der Waals surface area (Å²) in [4.78, 5) is 4.23. The molecule has 0 amide bonds. The van der Waals surface area contributed by atoms with Gasteiger partial charge in [-0.1, -0.05) is 13.8 Å². The standard InChI is InChI=1S/C13H20N2/c1-9-5-6-15-8-10(9)12(14-4)11-7-13(11,2)3/h5-6,8,11-12,14H,7H2,1-4H3. The molecule has 0 saturated heterocycles. The highest BCUT2D eigenvalue weighted by Gasteiger charge is 2.50. The Labute approximate surface area is 92.1 Å². The van der Waals surface area contributed by atoms with E-state index in [1.807, 2.05) is 19.4 Å². The monoisotopic (exact) mass is 204 g/mol. The molecule has 0 radical (unpaired) electrons. The fraction of sp³-hybridized carbons (Fsp3) is 0.615. The molecule has 1 aromatic heterocycles. The summed E-state index contributed by atoms with van der Waals surface area (Å²) in [6.45, 7) is 6.85. The van der Waals surface area contributed by atoms with Crippen molar-refractivity contribution < 1.29 is 0 Å². The lowest BCUT2D eigenvalue weighted by Gasteiger charge is -2.19. The molecule has 2 atom stereocenters. The Hall–Kier alpha value is -0.890. The summed E-state index contributed by atoms with van der Waals surface area (Å²) in [5, 5.41) is 3.44. The van der Waals surface area contributed by atoms with E-state index in [2.05, 4.69) is 37.1 Å². The van der Waals surface area contributed by atoms with Gasteiger partial charge in [-0.25, -0.2) is 0 Å². The summed E-state index contributed by atoms with van der Waals surface area (Å²) in [5.74, 6) is 0.755. The average molecular weight is 204 g/mol. The minimum Gasteiger partial charge on any atom is -0.313 e. The first kappa shape index (κ1) is 10.6. The van der Waals surface area contributed by atoms with Crippen molar-refractivity contribution in [1.29, 1.82) is 0 Å². The van der Waals surface area contributed by atoms with Crippen molar-refractivity contribution in [2.24, 2.45) is 11.3 Å². The van der Waals surface area contributed by atoms with E-state index in [0.29, 0.717) is 11.5 Å². The van der Waals surface area contributed by atoms with Gasteiger partial charge in [0, 0.05) is 18.4 Å². The highest BCUT2D eigenvalue weighted by Crippen LogP contribution is 2.57. The van der Waals surface area contributed by atoms with Gasteiger partial charge in [-0.2, -0.15) is 0 Å². The molecule has 2 unspecified atom stereocenters. The molecule has 1 aliphatic rings. The van der Waals surface area contributed by atoms with Gasteiger partial charge in [0.25, 0.3) is 0 Å². The molecule has 1 fully saturated rings. The topological polar surface area (TPSA) is 24.9 Å². The van der Waals surface area contributed by atoms with E-state index in [4.69, 9.17) is 0 Å². The molecule has 2 nitrogen and oxygen atoms in total. The molecule has 1 N–H and O–H groups in total. The summed E-state index contributed by atoms with van der Waals surface area (Å²) in [7, 11) is 2.05. The van der Waals surface area contributed by atoms with Crippen LogP contribution in [0, 0.1) is 18.3 Å². The first-order valence-corrected chi connectivity index (χ1v) is 5.64. The second-order valence-corrected chi connectivity index (χ2v) is 5.30. The lowest BCUT2D eigenvalue weighted by Crippen LogP contribution is -2.21. The zero-order valence-corrected chi connectivity index (χ0v) is 10.0. The van der Waals surface area contributed by atoms with Gasteiger partial charge in [0.15, 0.2) is 0 Å². The second-order valence-electron chi connectivity index (χ2n) is 5.30. The fourth-order valence-electron chi connectivity index (χ4n) is 2.45. The van der Waals surface area contributed by atoms with Gasteiger partial charge < -0.3 is 5.32 Å². The maximum Gasteiger partial charge on any atom is 0.0369 e. The van der Waals surface area contributed by atoms with Gasteiger partial charge in [0.1, 0.15) is 0 Å². The van der Waals surface area contributed by atoms with Gasteiger partial charge in [0.2, 0.25) is 0 Å². The Morgan fingerprint density at radius 1 is 1.53 bits per heavy atom. The van der Waals surface area contributed by atoms with Gasteiger partial charge in [0.05, 0.1) is 0 Å². The summed E-state index contributed by atoms with van der Waals surface area (Å²) < 4.78 is 0. The number of rotatable bonds is 3. The molecule has 82 valence electrons. The Morgan fingerprint density at radius 3 is 2.67 bits per heavy atom. The number of pyridine rings is 1. The zero-order chi connectivity index (χ0) is 11.1. The molecular formula is C13H20N2. The molecule has 0 aromatic carbocycles. The first-order valence-electron chi connectivity index (χ1n) is 5.64. The van der Waals surface area contributed by atoms with Crippen molar-refractivity contribution in [3.8, 4) is 0 Å². The van der Waals surface area contributed by atoms with Crippen molar-refractivity contribution in [3.05, 3.63) is 29.6 Å². The maximum atomic E-state index is 4.23. The minimum atomic E-state index is 0.466. The number of aryl methyl sites for hydroxylation is 1. The number of nitrogens with one attached hydrogen (secondary N) is 1. The van der Waals surface area contributed by atoms with Crippen molar-refractivity contribution in [1.82, 2.24) is 10.3 Å². The molecule has 2 heteroatoms. The molecular weight excluding hydrogens is 184 g/mol. The van der Waals surface area contributed by atoms with Crippen LogP contribution < -0.4 is 5.32 Å². The van der Waals surface area contributed by atoms with E-state index in [9.17, 15) is 0 Å². The van der Waals surface area contributed by atoms with Gasteiger partial charge in [-0.05, 0) is 48.9 Å². The number of hydrogen-bond donors (Lipinski definition) is 1. The highest BCUT2D eigenvalue weighted by atomic mass is 14.9. The molecule has 0 aliphatic heterocycles. The van der Waals surface area contributed by atoms with Crippen molar-refractivity contribution in [2.45, 2.75) is 33.2 Å². The van der Waals surface area contributed by atoms with Crippen molar-refractivity contribution in [2.75, 3.05) is 7.05 Å². The van der Waals surface area contributed by atoms with Crippen LogP contribution in [0.5, 0.6) is 0 Å². The second kappa shape index (κ2) is 3.60. The lowest BCUT2D eigenvalue weighted by atomic mass is 9.95. The highest BCUT2D eigenvalue weighted by molar-refractivity contribution is 5.28. The third kappa shape index (κ3) is 1.91. The molecule has 0 spiro atoms. The first-order chi connectivity index (χ1) is 7.06. The Balaban J connectivity index is 2.25. The van der Waals surface area contributed by atoms with Crippen LogP contribution in [0.25, 0.3) is 0 Å². The Morgan fingerprint density at radius 2 is 2.20 bits per heavy atom. The van der Waals surface area contributed by atoms with E-state index >= 15 is 0 Å². The zero-order valence-electron chi connectivity index (χ0n) is 10.0. The van der Waals surface area contributed by atoms with E-state index in [1.54, 1.807) is 0 Å². The molecule has 2 rings (SSSR count). The van der Waals surface area contributed by atoms with Crippen LogP contribution in [0.15, 0.2) is 18.5 Å². The fourth-order valence-corrected chi connectivity index (χ4v) is 2.45. The summed E-state index contributed by atoms with van der Waals surface area (Å²) in [6, 6.07) is 2.56. The molecule has 1 heterocycles. The molecule has 1 aliphatic carbocycles. The van der Waals surface area contributed by atoms with Crippen molar-refractivity contribution in [3.63, 3.8) is 0 Å². The van der Waals surface area contributed by atoms with E-state index in [-0.39, 0.29) is 0 Å². The minimum absolute atomic E-state index is 0.466. The smallest absolute Gasteiger partial charge is 0.0369 e. The van der Waals surface area contributed by atoms with Crippen LogP contribution in [-0.4, -0.2) is 12.0 Å². The Kier molecular flexibility index (Phi) is 2.55. The molecule has 15 heavy (non-hydrogen) atoms. The Bertz CT molecular complexity index is 357. The number of aromatic nitrogens is 1. The van der Waals surface area contributed by atoms with Gasteiger partial charge in [-0.3, -0.25) is 4.98 Å². The van der Waals surface area contributed by atoms with E-state index in [1.165, 1.54) is 17.5 Å². The van der Waals surface area contributed by atoms with Crippen molar-refractivity contribution >= 4 is 0 Å². The van der Waals surface area contributed by atoms with E-state index < -0.39 is 0 Å². The molecule has 1 aromatic rings. The summed E-state index contributed by atoms with van der Waals surface area (Å²) in [5.41, 5.74) is 3.19. The summed E-state index contributed by atoms with van der Waals surface area (Å²) >= 11 is 0. The van der Waals surface area contributed by atoms with Crippen LogP contribution in [0.3, 0.4) is 0 Å². The summed E-state index contributed by atoms with van der Waals surface area (Å²) in [6.07, 6.45) is 5.18. The van der Waals surface area contributed by atoms with Crippen LogP contribution in [0.4, 0.5) is 0 Å². The van der Waals surface area contributed by atoms with Crippen LogP contribution in [0.2, 0.25) is 0 Å².